The van der Waals surface area contributed by atoms with Crippen molar-refractivity contribution in [2.45, 2.75) is 25.8 Å². The Morgan fingerprint density at radius 2 is 2.00 bits per heavy atom. The Balaban J connectivity index is 2.21. The fourth-order valence-electron chi connectivity index (χ4n) is 2.75. The van der Waals surface area contributed by atoms with E-state index in [1.54, 1.807) is 0 Å². The van der Waals surface area contributed by atoms with E-state index in [0.29, 0.717) is 12.0 Å². The number of likely N-dealkylation sites (tertiary alicyclic amines) is 1. The lowest BCUT2D eigenvalue weighted by molar-refractivity contribution is 0.279. The molecule has 1 aromatic rings. The minimum absolute atomic E-state index is 0.524. The van der Waals surface area contributed by atoms with Crippen molar-refractivity contribution in [1.29, 1.82) is 0 Å². The van der Waals surface area contributed by atoms with Crippen molar-refractivity contribution in [3.8, 4) is 0 Å². The molecule has 0 radical (unpaired) electrons. The fraction of sp³-hybridized carbons (Fsp3) is 0.571. The summed E-state index contributed by atoms with van der Waals surface area (Å²) in [5.74, 6) is 0.623. The molecule has 0 bridgehead atoms. The van der Waals surface area contributed by atoms with Gasteiger partial charge in [0, 0.05) is 6.04 Å². The number of aryl methyl sites for hydroxylation is 1. The molecule has 0 aliphatic carbocycles. The lowest BCUT2D eigenvalue weighted by atomic mass is 9.93. The zero-order valence-electron chi connectivity index (χ0n) is 10.3. The Morgan fingerprint density at radius 1 is 1.31 bits per heavy atom. The highest BCUT2D eigenvalue weighted by Gasteiger charge is 2.31. The summed E-state index contributed by atoms with van der Waals surface area (Å²) in [7, 11) is 2.20. The fourth-order valence-corrected chi connectivity index (χ4v) is 2.75. The third kappa shape index (κ3) is 2.13. The quantitative estimate of drug-likeness (QED) is 0.842. The van der Waals surface area contributed by atoms with Gasteiger partial charge < -0.3 is 5.73 Å². The molecule has 2 atom stereocenters. The molecule has 0 amide bonds. The molecule has 0 aromatic heterocycles. The number of nitrogens with zero attached hydrogens (tertiary/aromatic N) is 1. The van der Waals surface area contributed by atoms with Crippen LogP contribution in [-0.2, 0) is 6.42 Å². The molecule has 0 saturated carbocycles. The molecule has 1 heterocycles. The van der Waals surface area contributed by atoms with Crippen LogP contribution in [0.4, 0.5) is 0 Å². The largest absolute Gasteiger partial charge is 0.330 e. The molecule has 1 aliphatic rings. The summed E-state index contributed by atoms with van der Waals surface area (Å²) in [4.78, 5) is 2.43. The first-order valence-corrected chi connectivity index (χ1v) is 6.25. The van der Waals surface area contributed by atoms with Crippen LogP contribution in [-0.4, -0.2) is 25.0 Å². The monoisotopic (exact) mass is 218 g/mol. The Labute approximate surface area is 98.4 Å². The van der Waals surface area contributed by atoms with Gasteiger partial charge in [-0.3, -0.25) is 4.90 Å². The molecule has 1 saturated heterocycles. The van der Waals surface area contributed by atoms with E-state index in [0.717, 1.165) is 13.0 Å². The lowest BCUT2D eigenvalue weighted by Crippen LogP contribution is -2.25. The Hall–Kier alpha value is -0.860. The van der Waals surface area contributed by atoms with E-state index < -0.39 is 0 Å². The van der Waals surface area contributed by atoms with Gasteiger partial charge in [-0.05, 0) is 50.0 Å². The molecule has 1 fully saturated rings. The number of rotatable bonds is 3. The van der Waals surface area contributed by atoms with Gasteiger partial charge >= 0.3 is 0 Å². The Morgan fingerprint density at radius 3 is 2.56 bits per heavy atom. The van der Waals surface area contributed by atoms with E-state index in [4.69, 9.17) is 5.73 Å². The topological polar surface area (TPSA) is 29.3 Å². The first kappa shape index (κ1) is 11.6. The second-order valence-electron chi connectivity index (χ2n) is 4.81. The average Bonchev–Trinajstić information content (AvgIpc) is 2.70. The van der Waals surface area contributed by atoms with E-state index in [-0.39, 0.29) is 0 Å². The van der Waals surface area contributed by atoms with Crippen LogP contribution in [0, 0.1) is 5.92 Å². The van der Waals surface area contributed by atoms with Gasteiger partial charge in [0.05, 0.1) is 0 Å². The van der Waals surface area contributed by atoms with Crippen molar-refractivity contribution in [2.75, 3.05) is 20.1 Å². The summed E-state index contributed by atoms with van der Waals surface area (Å²) in [6, 6.07) is 9.56. The first-order chi connectivity index (χ1) is 7.76. The summed E-state index contributed by atoms with van der Waals surface area (Å²) in [5.41, 5.74) is 8.69. The predicted octanol–water partition coefficient (Wildman–Crippen LogP) is 2.20. The van der Waals surface area contributed by atoms with Crippen LogP contribution < -0.4 is 5.73 Å². The normalized spacial score (nSPS) is 26.2. The van der Waals surface area contributed by atoms with Crippen molar-refractivity contribution >= 4 is 0 Å². The van der Waals surface area contributed by atoms with Crippen LogP contribution in [0.15, 0.2) is 24.3 Å². The van der Waals surface area contributed by atoms with Gasteiger partial charge in [0.2, 0.25) is 0 Å². The third-order valence-electron chi connectivity index (χ3n) is 3.81. The molecule has 0 spiro atoms. The molecular weight excluding hydrogens is 196 g/mol. The summed E-state index contributed by atoms with van der Waals surface area (Å²) >= 11 is 0. The lowest BCUT2D eigenvalue weighted by Gasteiger charge is -2.24. The molecule has 16 heavy (non-hydrogen) atoms. The van der Waals surface area contributed by atoms with Gasteiger partial charge in [-0.25, -0.2) is 0 Å². The summed E-state index contributed by atoms with van der Waals surface area (Å²) in [6.07, 6.45) is 2.34. The maximum Gasteiger partial charge on any atom is 0.0385 e. The number of hydrogen-bond acceptors (Lipinski definition) is 2. The van der Waals surface area contributed by atoms with Crippen LogP contribution >= 0.6 is 0 Å². The van der Waals surface area contributed by atoms with Crippen molar-refractivity contribution < 1.29 is 0 Å². The summed E-state index contributed by atoms with van der Waals surface area (Å²) < 4.78 is 0. The number of hydrogen-bond donors (Lipinski definition) is 1. The van der Waals surface area contributed by atoms with Crippen molar-refractivity contribution in [2.24, 2.45) is 11.7 Å². The minimum atomic E-state index is 0.524. The van der Waals surface area contributed by atoms with Crippen LogP contribution in [0.3, 0.4) is 0 Å². The second kappa shape index (κ2) is 4.98. The van der Waals surface area contributed by atoms with E-state index in [2.05, 4.69) is 43.1 Å². The smallest absolute Gasteiger partial charge is 0.0385 e. The van der Waals surface area contributed by atoms with E-state index >= 15 is 0 Å². The van der Waals surface area contributed by atoms with Crippen LogP contribution in [0.25, 0.3) is 0 Å². The zero-order valence-corrected chi connectivity index (χ0v) is 10.3. The molecule has 88 valence electrons. The van der Waals surface area contributed by atoms with Gasteiger partial charge in [0.15, 0.2) is 0 Å². The summed E-state index contributed by atoms with van der Waals surface area (Å²) in [5, 5.41) is 0. The van der Waals surface area contributed by atoms with Crippen molar-refractivity contribution in [1.82, 2.24) is 4.90 Å². The molecule has 2 heteroatoms. The zero-order chi connectivity index (χ0) is 11.5. The Bertz CT molecular complexity index is 331. The molecule has 2 N–H and O–H groups in total. The average molecular weight is 218 g/mol. The number of benzene rings is 1. The minimum Gasteiger partial charge on any atom is -0.330 e. The van der Waals surface area contributed by atoms with Gasteiger partial charge in [-0.1, -0.05) is 31.2 Å². The predicted molar refractivity (Wildman–Crippen MR) is 68.4 cm³/mol. The van der Waals surface area contributed by atoms with Crippen molar-refractivity contribution in [3.05, 3.63) is 35.4 Å². The highest BCUT2D eigenvalue weighted by molar-refractivity contribution is 5.26. The highest BCUT2D eigenvalue weighted by atomic mass is 15.2. The van der Waals surface area contributed by atoms with Gasteiger partial charge in [0.25, 0.3) is 0 Å². The van der Waals surface area contributed by atoms with Gasteiger partial charge in [-0.15, -0.1) is 0 Å². The maximum atomic E-state index is 5.85. The molecular formula is C14H22N2. The molecule has 2 unspecified atom stereocenters. The van der Waals surface area contributed by atoms with Gasteiger partial charge in [-0.2, -0.15) is 0 Å². The molecule has 1 aromatic carbocycles. The van der Waals surface area contributed by atoms with E-state index in [1.807, 2.05) is 0 Å². The van der Waals surface area contributed by atoms with E-state index in [9.17, 15) is 0 Å². The van der Waals surface area contributed by atoms with Crippen LogP contribution in [0.5, 0.6) is 0 Å². The second-order valence-corrected chi connectivity index (χ2v) is 4.81. The third-order valence-corrected chi connectivity index (χ3v) is 3.81. The molecule has 1 aliphatic heterocycles. The van der Waals surface area contributed by atoms with Crippen LogP contribution in [0.1, 0.15) is 30.5 Å². The standard InChI is InChI=1S/C14H22N2/c1-3-11-4-6-12(7-5-11)14-13(10-15)8-9-16(14)2/h4-7,13-14H,3,8-10,15H2,1-2H3. The molecule has 2 rings (SSSR count). The highest BCUT2D eigenvalue weighted by Crippen LogP contribution is 2.35. The van der Waals surface area contributed by atoms with Crippen LogP contribution in [0.2, 0.25) is 0 Å². The van der Waals surface area contributed by atoms with Crippen molar-refractivity contribution in [3.63, 3.8) is 0 Å². The SMILES string of the molecule is CCc1ccc(C2C(CN)CCN2C)cc1. The summed E-state index contributed by atoms with van der Waals surface area (Å²) in [6.45, 7) is 4.16. The van der Waals surface area contributed by atoms with E-state index in [1.165, 1.54) is 24.1 Å². The Kier molecular flexibility index (Phi) is 3.62. The first-order valence-electron chi connectivity index (χ1n) is 6.25. The number of nitrogens with two attached hydrogens (primary N) is 1. The van der Waals surface area contributed by atoms with Gasteiger partial charge in [0.1, 0.15) is 0 Å². The molecule has 2 nitrogen and oxygen atoms in total. The maximum absolute atomic E-state index is 5.85.